The minimum Gasteiger partial charge on any atom is -0.481 e. The molecule has 0 saturated heterocycles. The maximum atomic E-state index is 12.7. The van der Waals surface area contributed by atoms with Crippen molar-refractivity contribution in [2.24, 2.45) is 5.41 Å². The maximum absolute atomic E-state index is 12.7. The molecule has 52 heavy (non-hydrogen) atoms. The second-order valence-corrected chi connectivity index (χ2v) is 17.1. The zero-order chi connectivity index (χ0) is 38.1. The normalized spacial score (nSPS) is 11.8. The van der Waals surface area contributed by atoms with E-state index in [9.17, 15) is 14.7 Å². The summed E-state index contributed by atoms with van der Waals surface area (Å²) in [5.41, 5.74) is -0.618. The molecule has 0 aliphatic carbocycles. The average Bonchev–Trinajstić information content (AvgIpc) is 3.13. The van der Waals surface area contributed by atoms with Crippen LogP contribution in [0.3, 0.4) is 0 Å². The zero-order valence-corrected chi connectivity index (χ0v) is 35.6. The average molecular weight is 735 g/mol. The fourth-order valence-electron chi connectivity index (χ4n) is 8.34. The lowest BCUT2D eigenvalue weighted by Crippen LogP contribution is -2.31. The van der Waals surface area contributed by atoms with Gasteiger partial charge in [0.05, 0.1) is 5.41 Å². The molecule has 0 heterocycles. The van der Waals surface area contributed by atoms with Gasteiger partial charge in [-0.1, -0.05) is 258 Å². The van der Waals surface area contributed by atoms with Gasteiger partial charge < -0.3 is 10.2 Å². The largest absolute Gasteiger partial charge is 0.481 e. The van der Waals surface area contributed by atoms with E-state index < -0.39 is 17.4 Å². The summed E-state index contributed by atoms with van der Waals surface area (Å²) in [5, 5.41) is 19.5. The Balaban J connectivity index is 4.08. The van der Waals surface area contributed by atoms with Crippen molar-refractivity contribution in [3.63, 3.8) is 0 Å². The molecule has 4 heteroatoms. The molecule has 0 rings (SSSR count). The van der Waals surface area contributed by atoms with Gasteiger partial charge in [0.15, 0.2) is 0 Å². The van der Waals surface area contributed by atoms with Crippen LogP contribution >= 0.6 is 0 Å². The molecule has 0 atom stereocenters. The Bertz CT molecular complexity index is 694. The van der Waals surface area contributed by atoms with Crippen molar-refractivity contribution in [3.05, 3.63) is 0 Å². The van der Waals surface area contributed by atoms with Crippen LogP contribution in [0.4, 0.5) is 0 Å². The van der Waals surface area contributed by atoms with Gasteiger partial charge in [0.2, 0.25) is 0 Å². The number of hydrogen-bond donors (Lipinski definition) is 2. The molecule has 0 fully saturated rings. The van der Waals surface area contributed by atoms with E-state index >= 15 is 0 Å². The van der Waals surface area contributed by atoms with Gasteiger partial charge in [-0.25, -0.2) is 0 Å². The number of carboxylic acid groups (broad SMARTS) is 2. The molecule has 0 unspecified atom stereocenters. The Morgan fingerprint density at radius 3 is 0.692 bits per heavy atom. The van der Waals surface area contributed by atoms with Crippen molar-refractivity contribution >= 4 is 11.9 Å². The van der Waals surface area contributed by atoms with Gasteiger partial charge in [-0.15, -0.1) is 0 Å². The summed E-state index contributed by atoms with van der Waals surface area (Å²) in [6, 6.07) is 0. The van der Waals surface area contributed by atoms with E-state index in [0.29, 0.717) is 12.8 Å². The fraction of sp³-hybridized carbons (Fsp3) is 0.958. The van der Waals surface area contributed by atoms with Gasteiger partial charge in [-0.2, -0.15) is 0 Å². The van der Waals surface area contributed by atoms with Gasteiger partial charge in [0, 0.05) is 6.42 Å². The van der Waals surface area contributed by atoms with Crippen molar-refractivity contribution in [2.45, 2.75) is 290 Å². The van der Waals surface area contributed by atoms with Crippen LogP contribution in [-0.2, 0) is 9.59 Å². The summed E-state index contributed by atoms with van der Waals surface area (Å²) in [6.45, 7) is 4.58. The van der Waals surface area contributed by atoms with Crippen molar-refractivity contribution in [1.29, 1.82) is 0 Å². The fourth-order valence-corrected chi connectivity index (χ4v) is 8.34. The molecular formula is C48H94O4. The smallest absolute Gasteiger partial charge is 0.309 e. The molecule has 0 amide bonds. The summed E-state index contributed by atoms with van der Waals surface area (Å²) < 4.78 is 0. The highest BCUT2D eigenvalue weighted by atomic mass is 16.4. The number of rotatable bonds is 45. The SMILES string of the molecule is CCCCCCCCCCCCCCCCCCCCC(CCCCCCCCCCCCCCCCCCCC)(CCCCCC(=O)O)C(=O)O. The van der Waals surface area contributed by atoms with Gasteiger partial charge in [-0.05, 0) is 25.7 Å². The lowest BCUT2D eigenvalue weighted by Gasteiger charge is -2.30. The molecule has 0 aromatic heterocycles. The Labute approximate surface area is 326 Å². The number of hydrogen-bond acceptors (Lipinski definition) is 2. The second-order valence-electron chi connectivity index (χ2n) is 17.1. The van der Waals surface area contributed by atoms with Crippen LogP contribution in [0.25, 0.3) is 0 Å². The molecule has 0 aliphatic rings. The van der Waals surface area contributed by atoms with Gasteiger partial charge >= 0.3 is 11.9 Å². The van der Waals surface area contributed by atoms with Crippen molar-refractivity contribution < 1.29 is 19.8 Å². The van der Waals surface area contributed by atoms with Crippen molar-refractivity contribution in [3.8, 4) is 0 Å². The predicted molar refractivity (Wildman–Crippen MR) is 228 cm³/mol. The minimum absolute atomic E-state index is 0.193. The zero-order valence-electron chi connectivity index (χ0n) is 35.6. The van der Waals surface area contributed by atoms with Crippen LogP contribution in [-0.4, -0.2) is 22.2 Å². The van der Waals surface area contributed by atoms with Crippen molar-refractivity contribution in [1.82, 2.24) is 0 Å². The third kappa shape index (κ3) is 35.9. The number of carboxylic acids is 2. The molecule has 0 spiro atoms. The topological polar surface area (TPSA) is 74.6 Å². The summed E-state index contributed by atoms with van der Waals surface area (Å²) in [4.78, 5) is 23.7. The van der Waals surface area contributed by atoms with E-state index in [2.05, 4.69) is 13.8 Å². The van der Waals surface area contributed by atoms with Gasteiger partial charge in [0.1, 0.15) is 0 Å². The van der Waals surface area contributed by atoms with E-state index in [1.165, 1.54) is 205 Å². The Morgan fingerprint density at radius 2 is 0.500 bits per heavy atom. The van der Waals surface area contributed by atoms with Crippen LogP contribution in [0.15, 0.2) is 0 Å². The van der Waals surface area contributed by atoms with E-state index in [4.69, 9.17) is 5.11 Å². The highest BCUT2D eigenvalue weighted by Gasteiger charge is 2.36. The highest BCUT2D eigenvalue weighted by molar-refractivity contribution is 5.74. The quantitative estimate of drug-likeness (QED) is 0.0611. The second kappa shape index (κ2) is 41.1. The van der Waals surface area contributed by atoms with E-state index in [-0.39, 0.29) is 6.42 Å². The minimum atomic E-state index is -0.748. The van der Waals surface area contributed by atoms with Crippen LogP contribution in [0.2, 0.25) is 0 Å². The molecule has 4 nitrogen and oxygen atoms in total. The third-order valence-corrected chi connectivity index (χ3v) is 12.0. The van der Waals surface area contributed by atoms with Crippen LogP contribution < -0.4 is 0 Å². The first-order valence-electron chi connectivity index (χ1n) is 23.9. The summed E-state index contributed by atoms with van der Waals surface area (Å²) in [5.74, 6) is -1.35. The van der Waals surface area contributed by atoms with E-state index in [1.54, 1.807) is 0 Å². The molecule has 310 valence electrons. The molecule has 2 N–H and O–H groups in total. The lowest BCUT2D eigenvalue weighted by molar-refractivity contribution is -0.151. The Morgan fingerprint density at radius 1 is 0.308 bits per heavy atom. The first kappa shape index (κ1) is 50.9. The summed E-state index contributed by atoms with van der Waals surface area (Å²) >= 11 is 0. The van der Waals surface area contributed by atoms with Crippen LogP contribution in [0.1, 0.15) is 290 Å². The Hall–Kier alpha value is -1.06. The lowest BCUT2D eigenvalue weighted by atomic mass is 9.74. The predicted octanol–water partition coefficient (Wildman–Crippen LogP) is 17.0. The molecule has 0 aromatic rings. The number of unbranched alkanes of at least 4 members (excludes halogenated alkanes) is 36. The van der Waals surface area contributed by atoms with Crippen molar-refractivity contribution in [2.75, 3.05) is 0 Å². The first-order valence-corrected chi connectivity index (χ1v) is 23.9. The standard InChI is InChI=1S/C48H94O4/c1-3-5-7-9-11-13-15-17-19-21-23-25-27-29-31-33-35-39-43-48(47(51)52,45-41-37-38-42-46(49)50)44-40-36-34-32-30-28-26-24-22-20-18-16-14-12-10-8-6-4-2/h3-45H2,1-2H3,(H,49,50)(H,51,52). The first-order chi connectivity index (χ1) is 25.5. The molecular weight excluding hydrogens is 641 g/mol. The van der Waals surface area contributed by atoms with Crippen LogP contribution in [0.5, 0.6) is 0 Å². The Kier molecular flexibility index (Phi) is 40.3. The van der Waals surface area contributed by atoms with Gasteiger partial charge in [-0.3, -0.25) is 9.59 Å². The highest BCUT2D eigenvalue weighted by Crippen LogP contribution is 2.38. The molecule has 0 aliphatic heterocycles. The maximum Gasteiger partial charge on any atom is 0.309 e. The molecule has 0 saturated carbocycles. The molecule has 0 aromatic carbocycles. The number of carbonyl (C=O) groups is 2. The van der Waals surface area contributed by atoms with E-state index in [1.807, 2.05) is 0 Å². The summed E-state index contributed by atoms with van der Waals surface area (Å²) in [6.07, 6.45) is 53.3. The summed E-state index contributed by atoms with van der Waals surface area (Å²) in [7, 11) is 0. The molecule has 0 radical (unpaired) electrons. The monoisotopic (exact) mass is 735 g/mol. The molecule has 0 bridgehead atoms. The third-order valence-electron chi connectivity index (χ3n) is 12.0. The number of aliphatic carboxylic acids is 2. The van der Waals surface area contributed by atoms with Gasteiger partial charge in [0.25, 0.3) is 0 Å². The van der Waals surface area contributed by atoms with E-state index in [0.717, 1.165) is 51.4 Å². The van der Waals surface area contributed by atoms with Crippen LogP contribution in [0, 0.1) is 5.41 Å².